The van der Waals surface area contributed by atoms with Crippen molar-refractivity contribution in [2.75, 3.05) is 34.4 Å². The van der Waals surface area contributed by atoms with Crippen molar-refractivity contribution in [1.82, 2.24) is 9.47 Å². The molecule has 7 nitrogen and oxygen atoms in total. The molecule has 1 saturated heterocycles. The van der Waals surface area contributed by atoms with Gasteiger partial charge in [0.2, 0.25) is 5.75 Å². The van der Waals surface area contributed by atoms with Gasteiger partial charge in [-0.05, 0) is 19.8 Å². The lowest BCUT2D eigenvalue weighted by Crippen LogP contribution is -2.27. The van der Waals surface area contributed by atoms with E-state index in [9.17, 15) is 4.79 Å². The Balaban J connectivity index is 2.09. The molecule has 1 fully saturated rings. The van der Waals surface area contributed by atoms with Crippen molar-refractivity contribution < 1.29 is 19.0 Å². The summed E-state index contributed by atoms with van der Waals surface area (Å²) in [5.41, 5.74) is 0.789. The Morgan fingerprint density at radius 1 is 1.08 bits per heavy atom. The van der Waals surface area contributed by atoms with Crippen molar-refractivity contribution in [2.24, 2.45) is 4.99 Å². The molecule has 8 heteroatoms. The number of hydrogen-bond acceptors (Lipinski definition) is 5. The second kappa shape index (κ2) is 7.82. The zero-order valence-corrected chi connectivity index (χ0v) is 16.3. The number of hydrogen-bond donors (Lipinski definition) is 0. The van der Waals surface area contributed by atoms with Gasteiger partial charge >= 0.3 is 6.03 Å². The first-order valence-electron chi connectivity index (χ1n) is 8.40. The molecule has 0 radical (unpaired) electrons. The lowest BCUT2D eigenvalue weighted by molar-refractivity contribution is 0.218. The minimum absolute atomic E-state index is 0.189. The van der Waals surface area contributed by atoms with Gasteiger partial charge in [0, 0.05) is 36.3 Å². The average molecular weight is 377 g/mol. The average Bonchev–Trinajstić information content (AvgIpc) is 3.30. The molecule has 1 aromatic carbocycles. The first-order valence-corrected chi connectivity index (χ1v) is 9.22. The molecule has 2 heterocycles. The molecule has 1 aliphatic rings. The Labute approximate surface area is 156 Å². The van der Waals surface area contributed by atoms with Crippen LogP contribution in [0.3, 0.4) is 0 Å². The highest BCUT2D eigenvalue weighted by molar-refractivity contribution is 7.09. The molecule has 140 valence electrons. The van der Waals surface area contributed by atoms with Crippen LogP contribution in [-0.4, -0.2) is 49.9 Å². The van der Waals surface area contributed by atoms with E-state index in [4.69, 9.17) is 14.2 Å². The number of ether oxygens (including phenoxy) is 3. The third kappa shape index (κ3) is 3.55. The molecule has 0 N–H and O–H groups in total. The molecule has 0 unspecified atom stereocenters. The van der Waals surface area contributed by atoms with Crippen LogP contribution in [0.4, 0.5) is 4.79 Å². The largest absolute Gasteiger partial charge is 0.493 e. The highest BCUT2D eigenvalue weighted by Crippen LogP contribution is 2.39. The summed E-state index contributed by atoms with van der Waals surface area (Å²) in [6.07, 6.45) is 4.02. The maximum atomic E-state index is 12.4. The van der Waals surface area contributed by atoms with Crippen LogP contribution in [0.1, 0.15) is 17.7 Å². The van der Waals surface area contributed by atoms with Crippen LogP contribution < -0.4 is 19.0 Å². The number of methoxy groups -OCH3 is 3. The quantitative estimate of drug-likeness (QED) is 0.822. The van der Waals surface area contributed by atoms with Gasteiger partial charge in [0.05, 0.1) is 27.0 Å². The van der Waals surface area contributed by atoms with Crippen molar-refractivity contribution in [3.63, 3.8) is 0 Å². The maximum Gasteiger partial charge on any atom is 0.346 e. The van der Waals surface area contributed by atoms with E-state index in [2.05, 4.69) is 4.99 Å². The Hall–Kier alpha value is -2.48. The van der Waals surface area contributed by atoms with Crippen LogP contribution >= 0.6 is 11.3 Å². The predicted octanol–water partition coefficient (Wildman–Crippen LogP) is 2.99. The SMILES string of the molecule is COc1cc(-n2cc(C)sc2=NC(=O)N2CCCC2)cc(OC)c1OC. The zero-order valence-electron chi connectivity index (χ0n) is 15.4. The second-order valence-corrected chi connectivity index (χ2v) is 7.18. The molecule has 0 spiro atoms. The first-order chi connectivity index (χ1) is 12.6. The molecule has 1 aliphatic heterocycles. The number of thiazole rings is 1. The normalized spacial score (nSPS) is 14.6. The summed E-state index contributed by atoms with van der Waals surface area (Å²) in [7, 11) is 4.72. The number of urea groups is 1. The summed E-state index contributed by atoms with van der Waals surface area (Å²) in [6.45, 7) is 3.53. The number of nitrogens with zero attached hydrogens (tertiary/aromatic N) is 3. The number of aryl methyl sites for hydroxylation is 1. The fourth-order valence-corrected chi connectivity index (χ4v) is 3.81. The fourth-order valence-electron chi connectivity index (χ4n) is 2.99. The molecule has 3 rings (SSSR count). The molecular weight excluding hydrogens is 354 g/mol. The summed E-state index contributed by atoms with van der Waals surface area (Å²) >= 11 is 1.47. The highest BCUT2D eigenvalue weighted by Gasteiger charge is 2.19. The molecule has 2 amide bonds. The van der Waals surface area contributed by atoms with Crippen molar-refractivity contribution in [3.05, 3.63) is 28.0 Å². The molecular formula is C18H23N3O4S. The van der Waals surface area contributed by atoms with Crippen molar-refractivity contribution >= 4 is 17.4 Å². The van der Waals surface area contributed by atoms with Gasteiger partial charge in [-0.1, -0.05) is 0 Å². The fraction of sp³-hybridized carbons (Fsp3) is 0.444. The van der Waals surface area contributed by atoms with Crippen LogP contribution in [0.5, 0.6) is 17.2 Å². The number of amides is 2. The Kier molecular flexibility index (Phi) is 5.51. The lowest BCUT2D eigenvalue weighted by Gasteiger charge is -2.15. The van der Waals surface area contributed by atoms with Gasteiger partial charge in [0.25, 0.3) is 0 Å². The number of carbonyl (C=O) groups is 1. The Bertz CT molecular complexity index is 841. The Morgan fingerprint density at radius 2 is 1.69 bits per heavy atom. The molecule has 26 heavy (non-hydrogen) atoms. The van der Waals surface area contributed by atoms with Gasteiger partial charge in [0.1, 0.15) is 0 Å². The van der Waals surface area contributed by atoms with E-state index in [1.54, 1.807) is 26.2 Å². The van der Waals surface area contributed by atoms with Gasteiger partial charge in [-0.15, -0.1) is 11.3 Å². The van der Waals surface area contributed by atoms with E-state index in [1.165, 1.54) is 11.3 Å². The number of likely N-dealkylation sites (tertiary alicyclic amines) is 1. The van der Waals surface area contributed by atoms with E-state index >= 15 is 0 Å². The monoisotopic (exact) mass is 377 g/mol. The molecule has 0 bridgehead atoms. The van der Waals surface area contributed by atoms with Crippen LogP contribution in [0.2, 0.25) is 0 Å². The van der Waals surface area contributed by atoms with Gasteiger partial charge in [-0.2, -0.15) is 4.99 Å². The number of aromatic nitrogens is 1. The topological polar surface area (TPSA) is 65.3 Å². The Morgan fingerprint density at radius 3 is 2.23 bits per heavy atom. The standard InChI is InChI=1S/C18H23N3O4S/c1-12-11-21(18(26-12)19-17(22)20-7-5-6-8-20)13-9-14(23-2)16(25-4)15(10-13)24-3/h9-11H,5-8H2,1-4H3. The van der Waals surface area contributed by atoms with Crippen molar-refractivity contribution in [2.45, 2.75) is 19.8 Å². The van der Waals surface area contributed by atoms with E-state index in [1.807, 2.05) is 29.8 Å². The third-order valence-corrected chi connectivity index (χ3v) is 5.16. The summed E-state index contributed by atoms with van der Waals surface area (Å²) in [5, 5.41) is 0. The minimum Gasteiger partial charge on any atom is -0.493 e. The van der Waals surface area contributed by atoms with Gasteiger partial charge in [-0.25, -0.2) is 4.79 Å². The summed E-state index contributed by atoms with van der Waals surface area (Å²) in [6, 6.07) is 3.49. The predicted molar refractivity (Wildman–Crippen MR) is 99.8 cm³/mol. The third-order valence-electron chi connectivity index (χ3n) is 4.26. The van der Waals surface area contributed by atoms with Crippen LogP contribution in [0.15, 0.2) is 23.3 Å². The summed E-state index contributed by atoms with van der Waals surface area (Å²) in [4.78, 5) is 20.2. The molecule has 2 aromatic rings. The van der Waals surface area contributed by atoms with Crippen LogP contribution in [0, 0.1) is 6.92 Å². The van der Waals surface area contributed by atoms with Gasteiger partial charge in [0.15, 0.2) is 16.3 Å². The van der Waals surface area contributed by atoms with Gasteiger partial charge in [-0.3, -0.25) is 4.57 Å². The molecule has 0 aliphatic carbocycles. The first kappa shape index (κ1) is 18.3. The number of carbonyl (C=O) groups excluding carboxylic acids is 1. The minimum atomic E-state index is -0.189. The molecule has 0 atom stereocenters. The molecule has 0 saturated carbocycles. The maximum absolute atomic E-state index is 12.4. The zero-order chi connectivity index (χ0) is 18.7. The summed E-state index contributed by atoms with van der Waals surface area (Å²) < 4.78 is 18.1. The van der Waals surface area contributed by atoms with Crippen molar-refractivity contribution in [1.29, 1.82) is 0 Å². The number of rotatable bonds is 4. The number of benzene rings is 1. The molecule has 1 aromatic heterocycles. The lowest BCUT2D eigenvalue weighted by atomic mass is 10.2. The van der Waals surface area contributed by atoms with E-state index in [-0.39, 0.29) is 6.03 Å². The smallest absolute Gasteiger partial charge is 0.346 e. The van der Waals surface area contributed by atoms with Gasteiger partial charge < -0.3 is 19.1 Å². The second-order valence-electron chi connectivity index (χ2n) is 5.97. The van der Waals surface area contributed by atoms with E-state index in [0.29, 0.717) is 22.0 Å². The summed E-state index contributed by atoms with van der Waals surface area (Å²) in [5.74, 6) is 1.63. The van der Waals surface area contributed by atoms with Crippen LogP contribution in [-0.2, 0) is 0 Å². The highest BCUT2D eigenvalue weighted by atomic mass is 32.1. The van der Waals surface area contributed by atoms with E-state index in [0.717, 1.165) is 36.5 Å². The van der Waals surface area contributed by atoms with Crippen molar-refractivity contribution in [3.8, 4) is 22.9 Å². The van der Waals surface area contributed by atoms with Crippen LogP contribution in [0.25, 0.3) is 5.69 Å². The van der Waals surface area contributed by atoms with E-state index < -0.39 is 0 Å².